The topological polar surface area (TPSA) is 44.1 Å². The van der Waals surface area contributed by atoms with Gasteiger partial charge in [0.1, 0.15) is 0 Å². The zero-order valence-corrected chi connectivity index (χ0v) is 10.1. The third-order valence-electron chi connectivity index (χ3n) is 3.24. The van der Waals surface area contributed by atoms with Crippen LogP contribution in [0.15, 0.2) is 18.2 Å². The van der Waals surface area contributed by atoms with E-state index < -0.39 is 0 Å². The van der Waals surface area contributed by atoms with Gasteiger partial charge in [-0.15, -0.1) is 0 Å². The molecule has 88 valence electrons. The van der Waals surface area contributed by atoms with Gasteiger partial charge in [-0.2, -0.15) is 5.26 Å². The maximum atomic E-state index is 12.2. The molecule has 0 atom stereocenters. The summed E-state index contributed by atoms with van der Waals surface area (Å²) in [6.45, 7) is 3.37. The summed E-state index contributed by atoms with van der Waals surface area (Å²) >= 11 is 0. The quantitative estimate of drug-likeness (QED) is 0.795. The lowest BCUT2D eigenvalue weighted by molar-refractivity contribution is 0.0743. The van der Waals surface area contributed by atoms with E-state index in [2.05, 4.69) is 25.1 Å². The predicted molar refractivity (Wildman–Crippen MR) is 65.7 cm³/mol. The third-order valence-corrected chi connectivity index (χ3v) is 3.24. The van der Waals surface area contributed by atoms with Crippen LogP contribution in [0.5, 0.6) is 0 Å². The Labute approximate surface area is 102 Å². The molecule has 3 heteroatoms. The van der Waals surface area contributed by atoms with Crippen LogP contribution >= 0.6 is 0 Å². The Morgan fingerprint density at radius 3 is 3.00 bits per heavy atom. The summed E-state index contributed by atoms with van der Waals surface area (Å²) in [6, 6.07) is 8.24. The van der Waals surface area contributed by atoms with Gasteiger partial charge in [0, 0.05) is 18.7 Å². The summed E-state index contributed by atoms with van der Waals surface area (Å²) in [5.41, 5.74) is 3.16. The SMILES string of the molecule is CCc1ccc2c(c1)C(=O)N(CCC#N)CC2. The molecule has 0 fully saturated rings. The molecular formula is C14H16N2O. The van der Waals surface area contributed by atoms with Crippen molar-refractivity contribution in [3.63, 3.8) is 0 Å². The van der Waals surface area contributed by atoms with Gasteiger partial charge in [-0.1, -0.05) is 19.1 Å². The van der Waals surface area contributed by atoms with E-state index in [1.54, 1.807) is 4.90 Å². The number of hydrogen-bond donors (Lipinski definition) is 0. The van der Waals surface area contributed by atoms with E-state index in [0.29, 0.717) is 13.0 Å². The number of carbonyl (C=O) groups is 1. The number of rotatable bonds is 3. The molecule has 0 bridgehead atoms. The molecule has 1 aliphatic rings. The van der Waals surface area contributed by atoms with Gasteiger partial charge in [0.15, 0.2) is 0 Å². The van der Waals surface area contributed by atoms with Crippen LogP contribution in [0, 0.1) is 11.3 Å². The van der Waals surface area contributed by atoms with Crippen molar-refractivity contribution >= 4 is 5.91 Å². The van der Waals surface area contributed by atoms with Gasteiger partial charge in [0.05, 0.1) is 12.5 Å². The molecule has 17 heavy (non-hydrogen) atoms. The maximum Gasteiger partial charge on any atom is 0.254 e. The lowest BCUT2D eigenvalue weighted by Crippen LogP contribution is -2.38. The van der Waals surface area contributed by atoms with Crippen molar-refractivity contribution in [2.45, 2.75) is 26.2 Å². The highest BCUT2D eigenvalue weighted by Gasteiger charge is 2.23. The molecule has 3 nitrogen and oxygen atoms in total. The van der Waals surface area contributed by atoms with E-state index in [1.807, 2.05) is 6.07 Å². The van der Waals surface area contributed by atoms with Crippen LogP contribution in [-0.4, -0.2) is 23.9 Å². The standard InChI is InChI=1S/C14H16N2O/c1-2-11-4-5-12-6-9-16(8-3-7-15)14(17)13(12)10-11/h4-5,10H,2-3,6,8-9H2,1H3. The lowest BCUT2D eigenvalue weighted by Gasteiger charge is -2.28. The number of nitriles is 1. The second kappa shape index (κ2) is 5.01. The maximum absolute atomic E-state index is 12.2. The number of carbonyl (C=O) groups excluding carboxylic acids is 1. The predicted octanol–water partition coefficient (Wildman–Crippen LogP) is 2.16. The Morgan fingerprint density at radius 1 is 1.47 bits per heavy atom. The van der Waals surface area contributed by atoms with Crippen LogP contribution in [0.3, 0.4) is 0 Å². The molecule has 0 radical (unpaired) electrons. The van der Waals surface area contributed by atoms with Gasteiger partial charge in [-0.05, 0) is 30.0 Å². The van der Waals surface area contributed by atoms with Crippen LogP contribution in [0.2, 0.25) is 0 Å². The summed E-state index contributed by atoms with van der Waals surface area (Å²) in [7, 11) is 0. The smallest absolute Gasteiger partial charge is 0.254 e. The monoisotopic (exact) mass is 228 g/mol. The molecule has 1 aromatic rings. The van der Waals surface area contributed by atoms with E-state index in [0.717, 1.165) is 30.5 Å². The Kier molecular flexibility index (Phi) is 3.43. The minimum atomic E-state index is 0.0804. The average molecular weight is 228 g/mol. The van der Waals surface area contributed by atoms with E-state index in [-0.39, 0.29) is 5.91 Å². The summed E-state index contributed by atoms with van der Waals surface area (Å²) < 4.78 is 0. The Morgan fingerprint density at radius 2 is 2.29 bits per heavy atom. The van der Waals surface area contributed by atoms with Crippen molar-refractivity contribution in [2.24, 2.45) is 0 Å². The van der Waals surface area contributed by atoms with Crippen molar-refractivity contribution < 1.29 is 4.79 Å². The Bertz CT molecular complexity index is 474. The molecule has 0 aromatic heterocycles. The van der Waals surface area contributed by atoms with Crippen molar-refractivity contribution in [3.05, 3.63) is 34.9 Å². The van der Waals surface area contributed by atoms with Crippen LogP contribution in [0.1, 0.15) is 34.8 Å². The Balaban J connectivity index is 2.24. The van der Waals surface area contributed by atoms with E-state index in [9.17, 15) is 4.79 Å². The second-order valence-electron chi connectivity index (χ2n) is 4.30. The summed E-state index contributed by atoms with van der Waals surface area (Å²) in [5, 5.41) is 8.57. The minimum Gasteiger partial charge on any atom is -0.337 e. The first-order chi connectivity index (χ1) is 8.26. The number of amides is 1. The highest BCUT2D eigenvalue weighted by molar-refractivity contribution is 5.97. The minimum absolute atomic E-state index is 0.0804. The third kappa shape index (κ3) is 2.31. The number of benzene rings is 1. The molecule has 0 N–H and O–H groups in total. The molecule has 0 unspecified atom stereocenters. The highest BCUT2D eigenvalue weighted by Crippen LogP contribution is 2.20. The molecule has 1 heterocycles. The first-order valence-electron chi connectivity index (χ1n) is 6.04. The number of hydrogen-bond acceptors (Lipinski definition) is 2. The fourth-order valence-corrected chi connectivity index (χ4v) is 2.19. The van der Waals surface area contributed by atoms with Crippen LogP contribution in [-0.2, 0) is 12.8 Å². The number of nitrogens with zero attached hydrogens (tertiary/aromatic N) is 2. The molecule has 1 aliphatic heterocycles. The fourth-order valence-electron chi connectivity index (χ4n) is 2.19. The largest absolute Gasteiger partial charge is 0.337 e. The first kappa shape index (κ1) is 11.7. The molecule has 1 amide bonds. The van der Waals surface area contributed by atoms with Crippen LogP contribution in [0.4, 0.5) is 0 Å². The van der Waals surface area contributed by atoms with Crippen molar-refractivity contribution in [1.82, 2.24) is 4.90 Å². The van der Waals surface area contributed by atoms with Gasteiger partial charge in [-0.3, -0.25) is 4.79 Å². The van der Waals surface area contributed by atoms with Crippen molar-refractivity contribution in [2.75, 3.05) is 13.1 Å². The zero-order valence-electron chi connectivity index (χ0n) is 10.1. The summed E-state index contributed by atoms with van der Waals surface area (Å²) in [4.78, 5) is 14.0. The van der Waals surface area contributed by atoms with Gasteiger partial charge < -0.3 is 4.90 Å². The average Bonchev–Trinajstić information content (AvgIpc) is 2.38. The second-order valence-corrected chi connectivity index (χ2v) is 4.30. The zero-order chi connectivity index (χ0) is 12.3. The molecule has 0 saturated carbocycles. The highest BCUT2D eigenvalue weighted by atomic mass is 16.2. The van der Waals surface area contributed by atoms with Gasteiger partial charge in [0.25, 0.3) is 5.91 Å². The van der Waals surface area contributed by atoms with Crippen LogP contribution < -0.4 is 0 Å². The molecule has 1 aromatic carbocycles. The molecular weight excluding hydrogens is 212 g/mol. The Hall–Kier alpha value is -1.82. The van der Waals surface area contributed by atoms with Gasteiger partial charge in [0.2, 0.25) is 0 Å². The molecule has 2 rings (SSSR count). The summed E-state index contributed by atoms with van der Waals surface area (Å²) in [6.07, 6.45) is 2.25. The lowest BCUT2D eigenvalue weighted by atomic mass is 9.96. The number of fused-ring (bicyclic) bond motifs is 1. The summed E-state index contributed by atoms with van der Waals surface area (Å²) in [5.74, 6) is 0.0804. The number of aryl methyl sites for hydroxylation is 1. The first-order valence-corrected chi connectivity index (χ1v) is 6.04. The normalized spacial score (nSPS) is 14.4. The van der Waals surface area contributed by atoms with Crippen molar-refractivity contribution in [3.8, 4) is 6.07 Å². The van der Waals surface area contributed by atoms with E-state index >= 15 is 0 Å². The van der Waals surface area contributed by atoms with E-state index in [1.165, 1.54) is 5.56 Å². The van der Waals surface area contributed by atoms with Gasteiger partial charge >= 0.3 is 0 Å². The van der Waals surface area contributed by atoms with Crippen molar-refractivity contribution in [1.29, 1.82) is 5.26 Å². The van der Waals surface area contributed by atoms with Gasteiger partial charge in [-0.25, -0.2) is 0 Å². The van der Waals surface area contributed by atoms with E-state index in [4.69, 9.17) is 5.26 Å². The van der Waals surface area contributed by atoms with Crippen LogP contribution in [0.25, 0.3) is 0 Å². The fraction of sp³-hybridized carbons (Fsp3) is 0.429. The molecule has 0 spiro atoms. The molecule has 0 aliphatic carbocycles. The molecule has 0 saturated heterocycles.